The van der Waals surface area contributed by atoms with E-state index in [4.69, 9.17) is 16.3 Å². The molecule has 1 aromatic heterocycles. The van der Waals surface area contributed by atoms with E-state index in [-0.39, 0.29) is 5.82 Å². The van der Waals surface area contributed by atoms with Gasteiger partial charge >= 0.3 is 0 Å². The molecule has 0 saturated heterocycles. The van der Waals surface area contributed by atoms with Crippen molar-refractivity contribution >= 4 is 44.6 Å². The van der Waals surface area contributed by atoms with Crippen molar-refractivity contribution in [1.82, 2.24) is 0 Å². The Hall–Kier alpha value is -0.780. The fourth-order valence-electron chi connectivity index (χ4n) is 1.58. The zero-order valence-corrected chi connectivity index (χ0v) is 13.3. The number of hydrogen-bond donors (Lipinski definition) is 1. The molecule has 1 heterocycles. The Morgan fingerprint density at radius 2 is 2.21 bits per heavy atom. The summed E-state index contributed by atoms with van der Waals surface area (Å²) in [5.74, 6) is 0.208. The first-order chi connectivity index (χ1) is 9.10. The SMILES string of the molecule is CCOc1cc(F)ccc1NCc1cc(Br)c(Cl)s1. The van der Waals surface area contributed by atoms with Crippen molar-refractivity contribution < 1.29 is 9.13 Å². The molecule has 6 heteroatoms. The van der Waals surface area contributed by atoms with E-state index < -0.39 is 0 Å². The number of hydrogen-bond acceptors (Lipinski definition) is 3. The number of anilines is 1. The van der Waals surface area contributed by atoms with Gasteiger partial charge in [-0.1, -0.05) is 11.6 Å². The summed E-state index contributed by atoms with van der Waals surface area (Å²) < 4.78 is 20.2. The standard InChI is InChI=1S/C13H12BrClFNOS/c1-2-18-12-5-8(16)3-4-11(12)17-7-9-6-10(14)13(15)19-9/h3-6,17H,2,7H2,1H3. The highest BCUT2D eigenvalue weighted by Gasteiger charge is 2.07. The van der Waals surface area contributed by atoms with Gasteiger partial charge in [-0.05, 0) is 41.1 Å². The van der Waals surface area contributed by atoms with E-state index in [1.807, 2.05) is 13.0 Å². The van der Waals surface area contributed by atoms with Crippen LogP contribution in [0.1, 0.15) is 11.8 Å². The van der Waals surface area contributed by atoms with Gasteiger partial charge in [-0.15, -0.1) is 11.3 Å². The van der Waals surface area contributed by atoms with Crippen molar-refractivity contribution in [2.24, 2.45) is 0 Å². The van der Waals surface area contributed by atoms with Crippen LogP contribution in [0.2, 0.25) is 4.34 Å². The van der Waals surface area contributed by atoms with Crippen molar-refractivity contribution in [2.45, 2.75) is 13.5 Å². The summed E-state index contributed by atoms with van der Waals surface area (Å²) in [4.78, 5) is 1.09. The van der Waals surface area contributed by atoms with Crippen molar-refractivity contribution in [1.29, 1.82) is 0 Å². The van der Waals surface area contributed by atoms with Gasteiger partial charge in [-0.2, -0.15) is 0 Å². The van der Waals surface area contributed by atoms with Crippen LogP contribution in [0.15, 0.2) is 28.7 Å². The lowest BCUT2D eigenvalue weighted by Gasteiger charge is -2.11. The Balaban J connectivity index is 2.10. The van der Waals surface area contributed by atoms with E-state index in [1.165, 1.54) is 23.5 Å². The largest absolute Gasteiger partial charge is 0.492 e. The molecule has 0 atom stereocenters. The second kappa shape index (κ2) is 6.59. The van der Waals surface area contributed by atoms with Crippen LogP contribution < -0.4 is 10.1 Å². The normalized spacial score (nSPS) is 10.5. The molecule has 0 saturated carbocycles. The van der Waals surface area contributed by atoms with Crippen LogP contribution >= 0.6 is 38.9 Å². The molecule has 0 amide bonds. The van der Waals surface area contributed by atoms with Crippen LogP contribution in [-0.4, -0.2) is 6.61 Å². The van der Waals surface area contributed by atoms with Crippen LogP contribution in [0.3, 0.4) is 0 Å². The molecule has 0 aliphatic carbocycles. The summed E-state index contributed by atoms with van der Waals surface area (Å²) in [5.41, 5.74) is 0.767. The maximum atomic E-state index is 13.2. The fourth-order valence-corrected chi connectivity index (χ4v) is 3.31. The van der Waals surface area contributed by atoms with Crippen LogP contribution in [-0.2, 0) is 6.54 Å². The maximum Gasteiger partial charge on any atom is 0.145 e. The lowest BCUT2D eigenvalue weighted by atomic mass is 10.2. The third kappa shape index (κ3) is 3.84. The summed E-state index contributed by atoms with van der Waals surface area (Å²) in [7, 11) is 0. The fraction of sp³-hybridized carbons (Fsp3) is 0.231. The molecule has 0 radical (unpaired) electrons. The van der Waals surface area contributed by atoms with Gasteiger partial charge in [0.2, 0.25) is 0 Å². The van der Waals surface area contributed by atoms with Crippen molar-refractivity contribution in [3.8, 4) is 5.75 Å². The minimum Gasteiger partial charge on any atom is -0.492 e. The van der Waals surface area contributed by atoms with E-state index in [0.717, 1.165) is 19.4 Å². The molecule has 0 aliphatic rings. The molecule has 2 nitrogen and oxygen atoms in total. The van der Waals surface area contributed by atoms with E-state index in [1.54, 1.807) is 6.07 Å². The van der Waals surface area contributed by atoms with Crippen LogP contribution in [0.5, 0.6) is 5.75 Å². The minimum atomic E-state index is -0.309. The molecule has 2 rings (SSSR count). The van der Waals surface area contributed by atoms with Gasteiger partial charge < -0.3 is 10.1 Å². The number of halogens is 3. The number of ether oxygens (including phenoxy) is 1. The molecular weight excluding hydrogens is 353 g/mol. The average molecular weight is 365 g/mol. The maximum absolute atomic E-state index is 13.2. The van der Waals surface area contributed by atoms with Crippen molar-refractivity contribution in [3.05, 3.63) is 43.8 Å². The molecule has 2 aromatic rings. The predicted molar refractivity (Wildman–Crippen MR) is 81.9 cm³/mol. The lowest BCUT2D eigenvalue weighted by Crippen LogP contribution is -2.02. The zero-order valence-electron chi connectivity index (χ0n) is 10.2. The minimum absolute atomic E-state index is 0.309. The molecule has 0 aliphatic heterocycles. The number of thiophene rings is 1. The number of benzene rings is 1. The number of rotatable bonds is 5. The van der Waals surface area contributed by atoms with Gasteiger partial charge in [0.05, 0.1) is 12.3 Å². The molecule has 0 fully saturated rings. The first-order valence-electron chi connectivity index (χ1n) is 5.70. The summed E-state index contributed by atoms with van der Waals surface area (Å²) in [5, 5.41) is 3.22. The van der Waals surface area contributed by atoms with Gasteiger partial charge in [0.1, 0.15) is 15.9 Å². The van der Waals surface area contributed by atoms with Crippen LogP contribution in [0, 0.1) is 5.82 Å². The molecule has 19 heavy (non-hydrogen) atoms. The first kappa shape index (κ1) is 14.6. The Kier molecular flexibility index (Phi) is 5.07. The van der Waals surface area contributed by atoms with E-state index in [2.05, 4.69) is 21.2 Å². The molecule has 102 valence electrons. The van der Waals surface area contributed by atoms with E-state index >= 15 is 0 Å². The summed E-state index contributed by atoms with van der Waals surface area (Å²) in [6.45, 7) is 2.97. The van der Waals surface area contributed by atoms with Crippen LogP contribution in [0.25, 0.3) is 0 Å². The van der Waals surface area contributed by atoms with Crippen molar-refractivity contribution in [2.75, 3.05) is 11.9 Å². The summed E-state index contributed by atoms with van der Waals surface area (Å²) in [6, 6.07) is 6.42. The van der Waals surface area contributed by atoms with Gasteiger partial charge in [0.15, 0.2) is 0 Å². The second-order valence-corrected chi connectivity index (χ2v) is 6.35. The highest BCUT2D eigenvalue weighted by Crippen LogP contribution is 2.33. The monoisotopic (exact) mass is 363 g/mol. The third-order valence-corrected chi connectivity index (χ3v) is 4.87. The second-order valence-electron chi connectivity index (χ2n) is 3.76. The van der Waals surface area contributed by atoms with Gasteiger partial charge in [0, 0.05) is 22.0 Å². The molecular formula is C13H12BrClFNOS. The predicted octanol–water partition coefficient (Wildman–Crippen LogP) is 5.31. The molecule has 0 bridgehead atoms. The summed E-state index contributed by atoms with van der Waals surface area (Å²) >= 11 is 10.8. The topological polar surface area (TPSA) is 21.3 Å². The third-order valence-electron chi connectivity index (χ3n) is 2.39. The Labute approximate surface area is 128 Å². The quantitative estimate of drug-likeness (QED) is 0.776. The van der Waals surface area contributed by atoms with E-state index in [9.17, 15) is 4.39 Å². The Bertz CT molecular complexity index is 556. The summed E-state index contributed by atoms with van der Waals surface area (Å²) in [6.07, 6.45) is 0. The number of nitrogens with one attached hydrogen (secondary N) is 1. The van der Waals surface area contributed by atoms with Crippen LogP contribution in [0.4, 0.5) is 10.1 Å². The highest BCUT2D eigenvalue weighted by atomic mass is 79.9. The lowest BCUT2D eigenvalue weighted by molar-refractivity contribution is 0.340. The zero-order chi connectivity index (χ0) is 13.8. The van der Waals surface area contributed by atoms with E-state index in [0.29, 0.717) is 18.9 Å². The van der Waals surface area contributed by atoms with Gasteiger partial charge in [-0.25, -0.2) is 4.39 Å². The average Bonchev–Trinajstić information content (AvgIpc) is 2.68. The Morgan fingerprint density at radius 1 is 1.42 bits per heavy atom. The molecule has 1 aromatic carbocycles. The smallest absolute Gasteiger partial charge is 0.145 e. The molecule has 1 N–H and O–H groups in total. The molecule has 0 spiro atoms. The first-order valence-corrected chi connectivity index (χ1v) is 7.69. The molecule has 0 unspecified atom stereocenters. The van der Waals surface area contributed by atoms with Crippen molar-refractivity contribution in [3.63, 3.8) is 0 Å². The highest BCUT2D eigenvalue weighted by molar-refractivity contribution is 9.10. The van der Waals surface area contributed by atoms with Gasteiger partial charge in [-0.3, -0.25) is 0 Å². The Morgan fingerprint density at radius 3 is 2.84 bits per heavy atom. The van der Waals surface area contributed by atoms with Gasteiger partial charge in [0.25, 0.3) is 0 Å².